The Bertz CT molecular complexity index is 385. The van der Waals surface area contributed by atoms with Crippen molar-refractivity contribution in [3.63, 3.8) is 0 Å². The molecular weight excluding hydrogens is 236 g/mol. The SMILES string of the molecule is CCC1CCCN(C(CN)c2cnn(C(C)C)c2)C1. The van der Waals surface area contributed by atoms with Crippen LogP contribution in [0, 0.1) is 5.92 Å². The summed E-state index contributed by atoms with van der Waals surface area (Å²) in [4.78, 5) is 2.55. The van der Waals surface area contributed by atoms with Crippen LogP contribution in [0.1, 0.15) is 57.7 Å². The van der Waals surface area contributed by atoms with E-state index < -0.39 is 0 Å². The van der Waals surface area contributed by atoms with Crippen LogP contribution in [0.4, 0.5) is 0 Å². The number of likely N-dealkylation sites (tertiary alicyclic amines) is 1. The third kappa shape index (κ3) is 3.37. The van der Waals surface area contributed by atoms with Crippen LogP contribution in [0.25, 0.3) is 0 Å². The van der Waals surface area contributed by atoms with E-state index in [0.717, 1.165) is 5.92 Å². The van der Waals surface area contributed by atoms with Crippen LogP contribution in [-0.2, 0) is 0 Å². The van der Waals surface area contributed by atoms with Crippen molar-refractivity contribution < 1.29 is 0 Å². The fourth-order valence-corrected chi connectivity index (χ4v) is 3.02. The predicted molar refractivity (Wildman–Crippen MR) is 79.0 cm³/mol. The first kappa shape index (κ1) is 14.5. The molecule has 2 unspecified atom stereocenters. The van der Waals surface area contributed by atoms with Crippen LogP contribution >= 0.6 is 0 Å². The zero-order valence-electron chi connectivity index (χ0n) is 12.5. The van der Waals surface area contributed by atoms with Crippen LogP contribution in [0.15, 0.2) is 12.4 Å². The van der Waals surface area contributed by atoms with Crippen molar-refractivity contribution in [1.29, 1.82) is 0 Å². The summed E-state index contributed by atoms with van der Waals surface area (Å²) in [5.74, 6) is 0.836. The molecule has 4 nitrogen and oxygen atoms in total. The third-order valence-corrected chi connectivity index (χ3v) is 4.33. The van der Waals surface area contributed by atoms with Gasteiger partial charge in [-0.2, -0.15) is 5.10 Å². The first-order chi connectivity index (χ1) is 9.15. The summed E-state index contributed by atoms with van der Waals surface area (Å²) in [6, 6.07) is 0.749. The van der Waals surface area contributed by atoms with E-state index in [1.54, 1.807) is 0 Å². The molecule has 1 aromatic rings. The Balaban J connectivity index is 2.09. The van der Waals surface area contributed by atoms with Crippen LogP contribution in [0.5, 0.6) is 0 Å². The molecule has 0 amide bonds. The Kier molecular flexibility index (Phi) is 4.99. The van der Waals surface area contributed by atoms with Crippen molar-refractivity contribution in [2.24, 2.45) is 11.7 Å². The van der Waals surface area contributed by atoms with Gasteiger partial charge in [0.2, 0.25) is 0 Å². The van der Waals surface area contributed by atoms with E-state index in [9.17, 15) is 0 Å². The maximum Gasteiger partial charge on any atom is 0.0538 e. The van der Waals surface area contributed by atoms with E-state index in [2.05, 4.69) is 37.0 Å². The smallest absolute Gasteiger partial charge is 0.0538 e. The second-order valence-corrected chi connectivity index (χ2v) is 6.01. The van der Waals surface area contributed by atoms with Gasteiger partial charge in [0, 0.05) is 30.9 Å². The van der Waals surface area contributed by atoms with Crippen molar-refractivity contribution in [3.05, 3.63) is 18.0 Å². The van der Waals surface area contributed by atoms with E-state index >= 15 is 0 Å². The molecule has 1 saturated heterocycles. The Morgan fingerprint density at radius 3 is 2.84 bits per heavy atom. The molecule has 0 radical (unpaired) electrons. The highest BCUT2D eigenvalue weighted by molar-refractivity contribution is 5.12. The highest BCUT2D eigenvalue weighted by Crippen LogP contribution is 2.27. The van der Waals surface area contributed by atoms with Gasteiger partial charge in [0.05, 0.1) is 12.2 Å². The largest absolute Gasteiger partial charge is 0.329 e. The monoisotopic (exact) mass is 264 g/mol. The van der Waals surface area contributed by atoms with E-state index in [0.29, 0.717) is 18.6 Å². The van der Waals surface area contributed by atoms with Gasteiger partial charge in [-0.05, 0) is 39.2 Å². The van der Waals surface area contributed by atoms with Crippen molar-refractivity contribution >= 4 is 0 Å². The fraction of sp³-hybridized carbons (Fsp3) is 0.800. The molecule has 2 heterocycles. The summed E-state index contributed by atoms with van der Waals surface area (Å²) in [5, 5.41) is 4.45. The zero-order chi connectivity index (χ0) is 13.8. The Morgan fingerprint density at radius 1 is 1.47 bits per heavy atom. The number of piperidine rings is 1. The molecular formula is C15H28N4. The van der Waals surface area contributed by atoms with Gasteiger partial charge < -0.3 is 5.73 Å². The minimum Gasteiger partial charge on any atom is -0.329 e. The second-order valence-electron chi connectivity index (χ2n) is 6.01. The van der Waals surface area contributed by atoms with Gasteiger partial charge in [0.15, 0.2) is 0 Å². The predicted octanol–water partition coefficient (Wildman–Crippen LogP) is 2.59. The summed E-state index contributed by atoms with van der Waals surface area (Å²) < 4.78 is 2.03. The Hall–Kier alpha value is -0.870. The van der Waals surface area contributed by atoms with Crippen LogP contribution < -0.4 is 5.73 Å². The number of hydrogen-bond acceptors (Lipinski definition) is 3. The number of aromatic nitrogens is 2. The normalized spacial score (nSPS) is 22.9. The van der Waals surface area contributed by atoms with Gasteiger partial charge in [-0.25, -0.2) is 0 Å². The molecule has 1 fully saturated rings. The van der Waals surface area contributed by atoms with Gasteiger partial charge >= 0.3 is 0 Å². The van der Waals surface area contributed by atoms with Gasteiger partial charge in [-0.3, -0.25) is 9.58 Å². The third-order valence-electron chi connectivity index (χ3n) is 4.33. The molecule has 108 valence electrons. The van der Waals surface area contributed by atoms with E-state index in [1.807, 2.05) is 10.9 Å². The van der Waals surface area contributed by atoms with Gasteiger partial charge in [0.25, 0.3) is 0 Å². The molecule has 1 aromatic heterocycles. The summed E-state index contributed by atoms with van der Waals surface area (Å²) in [7, 11) is 0. The average molecular weight is 264 g/mol. The standard InChI is InChI=1S/C15H28N4/c1-4-13-6-5-7-18(10-13)15(8-16)14-9-17-19(11-14)12(2)3/h9,11-13,15H,4-8,10,16H2,1-3H3. The molecule has 0 bridgehead atoms. The number of nitrogens with zero attached hydrogens (tertiary/aromatic N) is 3. The molecule has 1 aliphatic heterocycles. The van der Waals surface area contributed by atoms with Gasteiger partial charge in [0.1, 0.15) is 0 Å². The molecule has 1 aliphatic rings. The van der Waals surface area contributed by atoms with Crippen molar-refractivity contribution in [2.45, 2.75) is 52.1 Å². The quantitative estimate of drug-likeness (QED) is 0.889. The number of hydrogen-bond donors (Lipinski definition) is 1. The Morgan fingerprint density at radius 2 is 2.26 bits per heavy atom. The minimum absolute atomic E-state index is 0.335. The summed E-state index contributed by atoms with van der Waals surface area (Å²) >= 11 is 0. The lowest BCUT2D eigenvalue weighted by Gasteiger charge is -2.37. The maximum absolute atomic E-state index is 6.03. The maximum atomic E-state index is 6.03. The highest BCUT2D eigenvalue weighted by Gasteiger charge is 2.26. The minimum atomic E-state index is 0.335. The average Bonchev–Trinajstić information content (AvgIpc) is 2.90. The lowest BCUT2D eigenvalue weighted by atomic mass is 9.93. The molecule has 19 heavy (non-hydrogen) atoms. The van der Waals surface area contributed by atoms with Crippen LogP contribution in [0.3, 0.4) is 0 Å². The van der Waals surface area contributed by atoms with Crippen LogP contribution in [-0.4, -0.2) is 34.3 Å². The van der Waals surface area contributed by atoms with Crippen LogP contribution in [0.2, 0.25) is 0 Å². The topological polar surface area (TPSA) is 47.1 Å². The first-order valence-corrected chi connectivity index (χ1v) is 7.63. The molecule has 4 heteroatoms. The van der Waals surface area contributed by atoms with E-state index in [4.69, 9.17) is 5.73 Å². The number of nitrogens with two attached hydrogens (primary N) is 1. The lowest BCUT2D eigenvalue weighted by Crippen LogP contribution is -2.40. The first-order valence-electron chi connectivity index (χ1n) is 7.63. The van der Waals surface area contributed by atoms with Crippen molar-refractivity contribution in [2.75, 3.05) is 19.6 Å². The molecule has 0 spiro atoms. The summed E-state index contributed by atoms with van der Waals surface area (Å²) in [6.07, 6.45) is 8.10. The molecule has 2 rings (SSSR count). The Labute approximate surface area is 117 Å². The summed E-state index contributed by atoms with van der Waals surface area (Å²) in [5.41, 5.74) is 7.30. The van der Waals surface area contributed by atoms with Crippen molar-refractivity contribution in [1.82, 2.24) is 14.7 Å². The second kappa shape index (κ2) is 6.53. The summed E-state index contributed by atoms with van der Waals surface area (Å²) in [6.45, 7) is 9.64. The van der Waals surface area contributed by atoms with Crippen molar-refractivity contribution in [3.8, 4) is 0 Å². The fourth-order valence-electron chi connectivity index (χ4n) is 3.02. The number of rotatable bonds is 5. The van der Waals surface area contributed by atoms with Gasteiger partial charge in [-0.15, -0.1) is 0 Å². The van der Waals surface area contributed by atoms with Gasteiger partial charge in [-0.1, -0.05) is 13.3 Å². The lowest BCUT2D eigenvalue weighted by molar-refractivity contribution is 0.124. The van der Waals surface area contributed by atoms with E-state index in [1.165, 1.54) is 37.9 Å². The molecule has 0 aliphatic carbocycles. The van der Waals surface area contributed by atoms with E-state index in [-0.39, 0.29) is 0 Å². The molecule has 2 N–H and O–H groups in total. The highest BCUT2D eigenvalue weighted by atomic mass is 15.3. The molecule has 0 saturated carbocycles. The molecule has 0 aromatic carbocycles. The zero-order valence-corrected chi connectivity index (χ0v) is 12.5. The molecule has 2 atom stereocenters.